The zero-order chi connectivity index (χ0) is 15.1. The number of rotatable bonds is 2. The highest BCUT2D eigenvalue weighted by atomic mass is 16.3. The van der Waals surface area contributed by atoms with E-state index < -0.39 is 0 Å². The van der Waals surface area contributed by atoms with Gasteiger partial charge in [-0.25, -0.2) is 4.98 Å². The molecular formula is C16H25N5O. The molecule has 0 aromatic carbocycles. The second kappa shape index (κ2) is 5.66. The van der Waals surface area contributed by atoms with Crippen LogP contribution in [0, 0.1) is 11.8 Å². The zero-order valence-electron chi connectivity index (χ0n) is 12.9. The molecule has 4 atom stereocenters. The molecule has 0 amide bonds. The molecule has 0 unspecified atom stereocenters. The van der Waals surface area contributed by atoms with Gasteiger partial charge in [0.15, 0.2) is 0 Å². The number of fused-ring (bicyclic) bond motifs is 4. The highest BCUT2D eigenvalue weighted by Crippen LogP contribution is 2.41. The average molecular weight is 303 g/mol. The van der Waals surface area contributed by atoms with Crippen molar-refractivity contribution in [3.8, 4) is 0 Å². The monoisotopic (exact) mass is 303 g/mol. The first-order valence-corrected chi connectivity index (χ1v) is 8.46. The van der Waals surface area contributed by atoms with E-state index in [1.54, 1.807) is 12.3 Å². The molecule has 3 saturated heterocycles. The minimum Gasteiger partial charge on any atom is -0.395 e. The van der Waals surface area contributed by atoms with Gasteiger partial charge in [0.2, 0.25) is 5.95 Å². The number of nitrogens with zero attached hydrogens (tertiary/aromatic N) is 4. The van der Waals surface area contributed by atoms with Gasteiger partial charge >= 0.3 is 0 Å². The van der Waals surface area contributed by atoms with Crippen molar-refractivity contribution in [2.75, 3.05) is 36.9 Å². The van der Waals surface area contributed by atoms with Crippen molar-refractivity contribution >= 4 is 11.8 Å². The molecule has 0 spiro atoms. The van der Waals surface area contributed by atoms with Crippen LogP contribution in [0.4, 0.5) is 11.8 Å². The van der Waals surface area contributed by atoms with Crippen molar-refractivity contribution < 1.29 is 5.11 Å². The maximum Gasteiger partial charge on any atom is 0.227 e. The Balaban J connectivity index is 1.60. The third-order valence-corrected chi connectivity index (χ3v) is 5.76. The van der Waals surface area contributed by atoms with E-state index in [4.69, 9.17) is 5.73 Å². The standard InChI is InChI=1S/C16H25N5O/c17-15-4-5-18-16(19-15)20-8-11-7-12(9-20)14(10-22)21-6-2-1-3-13(11)21/h4-5,11-14,22H,1-3,6-10H2,(H2,17,18,19)/t11-,12+,13+,14+/m1/s1. The van der Waals surface area contributed by atoms with Crippen LogP contribution in [0.25, 0.3) is 0 Å². The van der Waals surface area contributed by atoms with Crippen LogP contribution in [0.2, 0.25) is 0 Å². The Hall–Kier alpha value is -1.40. The van der Waals surface area contributed by atoms with E-state index in [-0.39, 0.29) is 6.61 Å². The number of aromatic nitrogens is 2. The summed E-state index contributed by atoms with van der Waals surface area (Å²) in [5.41, 5.74) is 5.81. The molecule has 3 fully saturated rings. The minimum absolute atomic E-state index is 0.263. The number of aliphatic hydroxyl groups excluding tert-OH is 1. The first kappa shape index (κ1) is 14.2. The molecule has 0 radical (unpaired) electrons. The van der Waals surface area contributed by atoms with Crippen molar-refractivity contribution in [1.29, 1.82) is 0 Å². The van der Waals surface area contributed by atoms with Crippen molar-refractivity contribution in [3.05, 3.63) is 12.3 Å². The van der Waals surface area contributed by atoms with E-state index >= 15 is 0 Å². The third kappa shape index (κ3) is 2.34. The number of nitrogen functional groups attached to an aromatic ring is 1. The zero-order valence-corrected chi connectivity index (χ0v) is 12.9. The summed E-state index contributed by atoms with van der Waals surface area (Å²) in [5, 5.41) is 9.93. The molecule has 120 valence electrons. The fraction of sp³-hybridized carbons (Fsp3) is 0.750. The van der Waals surface area contributed by atoms with Crippen molar-refractivity contribution in [3.63, 3.8) is 0 Å². The van der Waals surface area contributed by atoms with E-state index in [9.17, 15) is 5.11 Å². The maximum absolute atomic E-state index is 9.93. The summed E-state index contributed by atoms with van der Waals surface area (Å²) in [6.45, 7) is 3.35. The first-order valence-electron chi connectivity index (χ1n) is 8.46. The normalized spacial score (nSPS) is 35.2. The van der Waals surface area contributed by atoms with Crippen molar-refractivity contribution in [1.82, 2.24) is 14.9 Å². The maximum atomic E-state index is 9.93. The predicted octanol–water partition coefficient (Wildman–Crippen LogP) is 0.730. The van der Waals surface area contributed by atoms with Gasteiger partial charge in [-0.1, -0.05) is 6.42 Å². The Labute approximate surface area is 131 Å². The number of anilines is 2. The summed E-state index contributed by atoms with van der Waals surface area (Å²) >= 11 is 0. The molecule has 22 heavy (non-hydrogen) atoms. The van der Waals surface area contributed by atoms with Gasteiger partial charge in [-0.05, 0) is 43.7 Å². The van der Waals surface area contributed by atoms with Crippen molar-refractivity contribution in [2.45, 2.75) is 37.8 Å². The molecule has 6 nitrogen and oxygen atoms in total. The molecule has 3 aliphatic rings. The molecule has 1 aromatic heterocycles. The van der Waals surface area contributed by atoms with E-state index in [2.05, 4.69) is 19.8 Å². The van der Waals surface area contributed by atoms with Crippen LogP contribution in [0.15, 0.2) is 12.3 Å². The molecule has 4 rings (SSSR count). The summed E-state index contributed by atoms with van der Waals surface area (Å²) in [5.74, 6) is 2.43. The highest BCUT2D eigenvalue weighted by molar-refractivity contribution is 5.38. The van der Waals surface area contributed by atoms with Gasteiger partial charge in [0.1, 0.15) is 5.82 Å². The lowest BCUT2D eigenvalue weighted by atomic mass is 9.72. The SMILES string of the molecule is Nc1ccnc(N2C[C@H]3C[C@@H](C2)[C@H](CO)N2CCCC[C@@H]32)n1. The van der Waals surface area contributed by atoms with E-state index in [0.717, 1.165) is 25.6 Å². The Morgan fingerprint density at radius 3 is 2.95 bits per heavy atom. The first-order chi connectivity index (χ1) is 10.8. The van der Waals surface area contributed by atoms with E-state index in [1.807, 2.05) is 0 Å². The number of piperidine rings is 3. The lowest BCUT2D eigenvalue weighted by molar-refractivity contribution is -0.0520. The molecule has 2 bridgehead atoms. The molecule has 3 aliphatic heterocycles. The van der Waals surface area contributed by atoms with E-state index in [0.29, 0.717) is 29.7 Å². The van der Waals surface area contributed by atoms with Crippen LogP contribution in [-0.4, -0.2) is 58.3 Å². The molecule has 1 aromatic rings. The van der Waals surface area contributed by atoms with Crippen molar-refractivity contribution in [2.24, 2.45) is 11.8 Å². The third-order valence-electron chi connectivity index (χ3n) is 5.76. The fourth-order valence-corrected chi connectivity index (χ4v) is 4.84. The lowest BCUT2D eigenvalue weighted by Gasteiger charge is -2.56. The largest absolute Gasteiger partial charge is 0.395 e. The van der Waals surface area contributed by atoms with Gasteiger partial charge in [0, 0.05) is 31.4 Å². The number of hydrogen-bond acceptors (Lipinski definition) is 6. The number of aliphatic hydroxyl groups is 1. The average Bonchev–Trinajstić information content (AvgIpc) is 2.55. The van der Waals surface area contributed by atoms with Crippen LogP contribution in [0.3, 0.4) is 0 Å². The summed E-state index contributed by atoms with van der Waals surface area (Å²) in [7, 11) is 0. The second-order valence-electron chi connectivity index (χ2n) is 6.99. The second-order valence-corrected chi connectivity index (χ2v) is 6.99. The Morgan fingerprint density at radius 2 is 2.14 bits per heavy atom. The molecule has 0 aliphatic carbocycles. The van der Waals surface area contributed by atoms with Crippen LogP contribution in [-0.2, 0) is 0 Å². The number of nitrogens with two attached hydrogens (primary N) is 1. The van der Waals surface area contributed by atoms with Gasteiger partial charge in [-0.2, -0.15) is 4.98 Å². The smallest absolute Gasteiger partial charge is 0.227 e. The molecule has 6 heteroatoms. The van der Waals surface area contributed by atoms with Crippen LogP contribution >= 0.6 is 0 Å². The molecule has 4 heterocycles. The predicted molar refractivity (Wildman–Crippen MR) is 85.5 cm³/mol. The Morgan fingerprint density at radius 1 is 1.27 bits per heavy atom. The Kier molecular flexibility index (Phi) is 3.66. The Bertz CT molecular complexity index is 525. The topological polar surface area (TPSA) is 78.5 Å². The molecule has 0 saturated carbocycles. The molecule has 3 N–H and O–H groups in total. The quantitative estimate of drug-likeness (QED) is 0.838. The van der Waals surface area contributed by atoms with Crippen LogP contribution < -0.4 is 10.6 Å². The van der Waals surface area contributed by atoms with Gasteiger partial charge in [0.05, 0.1) is 6.61 Å². The summed E-state index contributed by atoms with van der Waals surface area (Å²) in [4.78, 5) is 13.7. The van der Waals surface area contributed by atoms with Gasteiger partial charge in [0.25, 0.3) is 0 Å². The molecular weight excluding hydrogens is 278 g/mol. The lowest BCUT2D eigenvalue weighted by Crippen LogP contribution is -2.64. The van der Waals surface area contributed by atoms with Gasteiger partial charge in [-0.15, -0.1) is 0 Å². The van der Waals surface area contributed by atoms with Gasteiger partial charge < -0.3 is 15.7 Å². The van der Waals surface area contributed by atoms with Crippen LogP contribution in [0.1, 0.15) is 25.7 Å². The number of hydrogen-bond donors (Lipinski definition) is 2. The fourth-order valence-electron chi connectivity index (χ4n) is 4.84. The highest BCUT2D eigenvalue weighted by Gasteiger charge is 2.47. The van der Waals surface area contributed by atoms with Crippen LogP contribution in [0.5, 0.6) is 0 Å². The summed E-state index contributed by atoms with van der Waals surface area (Å²) < 4.78 is 0. The minimum atomic E-state index is 0.263. The summed E-state index contributed by atoms with van der Waals surface area (Å²) in [6.07, 6.45) is 6.81. The van der Waals surface area contributed by atoms with Gasteiger partial charge in [-0.3, -0.25) is 4.90 Å². The summed E-state index contributed by atoms with van der Waals surface area (Å²) in [6, 6.07) is 2.64. The van der Waals surface area contributed by atoms with E-state index in [1.165, 1.54) is 25.7 Å².